The van der Waals surface area contributed by atoms with E-state index in [-0.39, 0.29) is 5.78 Å². The van der Waals surface area contributed by atoms with Gasteiger partial charge in [-0.15, -0.1) is 0 Å². The number of hydrogen-bond donors (Lipinski definition) is 0. The van der Waals surface area contributed by atoms with Gasteiger partial charge in [0.25, 0.3) is 0 Å². The van der Waals surface area contributed by atoms with Crippen molar-refractivity contribution in [3.05, 3.63) is 11.6 Å². The minimum atomic E-state index is 0.270. The maximum Gasteiger partial charge on any atom is 0.155 e. The molecule has 0 radical (unpaired) electrons. The second-order valence-corrected chi connectivity index (χ2v) is 4.19. The molecule has 0 bridgehead atoms. The minimum Gasteiger partial charge on any atom is -0.295 e. The molecule has 1 atom stereocenters. The van der Waals surface area contributed by atoms with Gasteiger partial charge in [0.05, 0.1) is 0 Å². The van der Waals surface area contributed by atoms with Crippen LogP contribution in [-0.2, 0) is 4.79 Å². The Bertz CT molecular complexity index is 227. The summed E-state index contributed by atoms with van der Waals surface area (Å²) in [6.45, 7) is 6.13. The van der Waals surface area contributed by atoms with Crippen LogP contribution in [0.2, 0.25) is 0 Å². The van der Waals surface area contributed by atoms with Crippen LogP contribution in [0.1, 0.15) is 52.9 Å². The number of Topliss-reactive ketones (excluding diaryl/α,β-unsaturated/α-hetero) is 1. The summed E-state index contributed by atoms with van der Waals surface area (Å²) in [5.74, 6) is 0.270. The molecule has 0 aromatic carbocycles. The predicted octanol–water partition coefficient (Wildman–Crippen LogP) is 3.49. The first kappa shape index (κ1) is 10.5. The Hall–Kier alpha value is -0.590. The first-order valence-electron chi connectivity index (χ1n) is 5.36. The third-order valence-corrected chi connectivity index (χ3v) is 3.28. The van der Waals surface area contributed by atoms with Gasteiger partial charge in [-0.3, -0.25) is 4.79 Å². The van der Waals surface area contributed by atoms with Crippen molar-refractivity contribution in [2.24, 2.45) is 5.41 Å². The lowest BCUT2D eigenvalue weighted by Gasteiger charge is -2.24. The summed E-state index contributed by atoms with van der Waals surface area (Å²) in [7, 11) is 0. The lowest BCUT2D eigenvalue weighted by atomic mass is 9.80. The van der Waals surface area contributed by atoms with E-state index < -0.39 is 0 Å². The fraction of sp³-hybridized carbons (Fsp3) is 0.750. The summed E-state index contributed by atoms with van der Waals surface area (Å²) in [4.78, 5) is 11.2. The van der Waals surface area contributed by atoms with Crippen molar-refractivity contribution in [3.8, 4) is 0 Å². The van der Waals surface area contributed by atoms with Crippen molar-refractivity contribution in [1.82, 2.24) is 0 Å². The number of allylic oxidation sites excluding steroid dienone is 2. The van der Waals surface area contributed by atoms with Crippen molar-refractivity contribution in [3.63, 3.8) is 0 Å². The van der Waals surface area contributed by atoms with Crippen LogP contribution in [-0.4, -0.2) is 5.78 Å². The van der Waals surface area contributed by atoms with Crippen LogP contribution >= 0.6 is 0 Å². The standard InChI is InChI=1S/C12H20O/c1-4-7-12(5-2)8-6-11(9-12)10(3)13/h9H,4-8H2,1-3H3. The average molecular weight is 180 g/mol. The normalized spacial score (nSPS) is 27.5. The van der Waals surface area contributed by atoms with Crippen molar-refractivity contribution in [1.29, 1.82) is 0 Å². The van der Waals surface area contributed by atoms with E-state index in [0.29, 0.717) is 5.41 Å². The Labute approximate surface area is 81.2 Å². The Morgan fingerprint density at radius 3 is 2.62 bits per heavy atom. The topological polar surface area (TPSA) is 17.1 Å². The quantitative estimate of drug-likeness (QED) is 0.647. The zero-order valence-electron chi connectivity index (χ0n) is 9.02. The monoisotopic (exact) mass is 180 g/mol. The lowest BCUT2D eigenvalue weighted by molar-refractivity contribution is -0.113. The van der Waals surface area contributed by atoms with Crippen LogP contribution in [0.25, 0.3) is 0 Å². The van der Waals surface area contributed by atoms with Crippen LogP contribution in [0.3, 0.4) is 0 Å². The van der Waals surface area contributed by atoms with E-state index >= 15 is 0 Å². The predicted molar refractivity (Wildman–Crippen MR) is 55.6 cm³/mol. The summed E-state index contributed by atoms with van der Waals surface area (Å²) in [5, 5.41) is 0. The summed E-state index contributed by atoms with van der Waals surface area (Å²) in [6.07, 6.45) is 8.07. The molecule has 0 saturated heterocycles. The Balaban J connectivity index is 2.76. The van der Waals surface area contributed by atoms with Crippen molar-refractivity contribution >= 4 is 5.78 Å². The molecular formula is C12H20O. The molecule has 1 aliphatic rings. The van der Waals surface area contributed by atoms with Gasteiger partial charge in [-0.25, -0.2) is 0 Å². The van der Waals surface area contributed by atoms with Crippen molar-refractivity contribution in [2.45, 2.75) is 52.9 Å². The Kier molecular flexibility index (Phi) is 3.29. The third-order valence-electron chi connectivity index (χ3n) is 3.28. The molecule has 0 amide bonds. The largest absolute Gasteiger partial charge is 0.295 e. The van der Waals surface area contributed by atoms with Gasteiger partial charge in [0.1, 0.15) is 0 Å². The molecule has 13 heavy (non-hydrogen) atoms. The molecule has 1 rings (SSSR count). The smallest absolute Gasteiger partial charge is 0.155 e. The van der Waals surface area contributed by atoms with E-state index in [1.807, 2.05) is 0 Å². The van der Waals surface area contributed by atoms with Crippen LogP contribution in [0, 0.1) is 5.41 Å². The molecule has 1 heteroatoms. The molecular weight excluding hydrogens is 160 g/mol. The lowest BCUT2D eigenvalue weighted by Crippen LogP contribution is -2.12. The first-order chi connectivity index (χ1) is 6.13. The number of carbonyl (C=O) groups excluding carboxylic acids is 1. The molecule has 1 nitrogen and oxygen atoms in total. The number of hydrogen-bond acceptors (Lipinski definition) is 1. The summed E-state index contributed by atoms with van der Waals surface area (Å²) < 4.78 is 0. The van der Waals surface area contributed by atoms with Crippen molar-refractivity contribution in [2.75, 3.05) is 0 Å². The van der Waals surface area contributed by atoms with Gasteiger partial charge in [0.2, 0.25) is 0 Å². The van der Waals surface area contributed by atoms with Gasteiger partial charge < -0.3 is 0 Å². The molecule has 74 valence electrons. The van der Waals surface area contributed by atoms with Gasteiger partial charge in [0.15, 0.2) is 5.78 Å². The maximum atomic E-state index is 11.2. The second kappa shape index (κ2) is 4.08. The molecule has 0 spiro atoms. The minimum absolute atomic E-state index is 0.270. The van der Waals surface area contributed by atoms with E-state index in [4.69, 9.17) is 0 Å². The Morgan fingerprint density at radius 2 is 2.23 bits per heavy atom. The van der Waals surface area contributed by atoms with E-state index in [2.05, 4.69) is 19.9 Å². The maximum absolute atomic E-state index is 11.2. The summed E-state index contributed by atoms with van der Waals surface area (Å²) >= 11 is 0. The molecule has 1 unspecified atom stereocenters. The van der Waals surface area contributed by atoms with Gasteiger partial charge in [-0.2, -0.15) is 0 Å². The fourth-order valence-corrected chi connectivity index (χ4v) is 2.33. The number of rotatable bonds is 4. The molecule has 0 saturated carbocycles. The highest BCUT2D eigenvalue weighted by Crippen LogP contribution is 2.42. The zero-order valence-corrected chi connectivity index (χ0v) is 9.02. The molecule has 0 fully saturated rings. The van der Waals surface area contributed by atoms with Crippen LogP contribution in [0.4, 0.5) is 0 Å². The van der Waals surface area contributed by atoms with Gasteiger partial charge in [0, 0.05) is 0 Å². The molecule has 0 aromatic heterocycles. The highest BCUT2D eigenvalue weighted by atomic mass is 16.1. The SMILES string of the molecule is CCCC1(CC)C=C(C(C)=O)CC1. The summed E-state index contributed by atoms with van der Waals surface area (Å²) in [5.41, 5.74) is 1.42. The van der Waals surface area contributed by atoms with E-state index in [0.717, 1.165) is 12.0 Å². The number of ketones is 1. The highest BCUT2D eigenvalue weighted by Gasteiger charge is 2.31. The molecule has 0 aromatic rings. The summed E-state index contributed by atoms with van der Waals surface area (Å²) in [6, 6.07) is 0. The van der Waals surface area contributed by atoms with Crippen LogP contribution < -0.4 is 0 Å². The first-order valence-corrected chi connectivity index (χ1v) is 5.36. The van der Waals surface area contributed by atoms with Crippen molar-refractivity contribution < 1.29 is 4.79 Å². The van der Waals surface area contributed by atoms with E-state index in [1.165, 1.54) is 25.7 Å². The molecule has 1 aliphatic carbocycles. The second-order valence-electron chi connectivity index (χ2n) is 4.19. The fourth-order valence-electron chi connectivity index (χ4n) is 2.33. The third kappa shape index (κ3) is 2.20. The van der Waals surface area contributed by atoms with Gasteiger partial charge in [-0.1, -0.05) is 26.3 Å². The molecule has 0 N–H and O–H groups in total. The van der Waals surface area contributed by atoms with E-state index in [1.54, 1.807) is 6.92 Å². The Morgan fingerprint density at radius 1 is 1.54 bits per heavy atom. The van der Waals surface area contributed by atoms with Crippen LogP contribution in [0.5, 0.6) is 0 Å². The van der Waals surface area contributed by atoms with Gasteiger partial charge in [-0.05, 0) is 43.6 Å². The van der Waals surface area contributed by atoms with Crippen LogP contribution in [0.15, 0.2) is 11.6 Å². The van der Waals surface area contributed by atoms with E-state index in [9.17, 15) is 4.79 Å². The molecule has 0 heterocycles. The average Bonchev–Trinajstić information content (AvgIpc) is 2.51. The van der Waals surface area contributed by atoms with Gasteiger partial charge >= 0.3 is 0 Å². The molecule has 0 aliphatic heterocycles. The highest BCUT2D eigenvalue weighted by molar-refractivity contribution is 5.93. The zero-order chi connectivity index (χ0) is 9.90. The number of carbonyl (C=O) groups is 1.